The number of carbonyl (C=O) groups is 4. The van der Waals surface area contributed by atoms with E-state index in [0.29, 0.717) is 55.6 Å². The van der Waals surface area contributed by atoms with Crippen LogP contribution in [0.4, 0.5) is 5.82 Å². The van der Waals surface area contributed by atoms with Gasteiger partial charge in [-0.25, -0.2) is 9.97 Å². The number of nitrogens with one attached hydrogen (secondary N) is 1. The summed E-state index contributed by atoms with van der Waals surface area (Å²) >= 11 is 15.1. The quantitative estimate of drug-likeness (QED) is 0.210. The van der Waals surface area contributed by atoms with Crippen molar-refractivity contribution in [1.82, 2.24) is 34.9 Å². The zero-order chi connectivity index (χ0) is 42.3. The van der Waals surface area contributed by atoms with Gasteiger partial charge in [-0.15, -0.1) is 0 Å². The van der Waals surface area contributed by atoms with Crippen LogP contribution < -0.4 is 10.2 Å². The van der Waals surface area contributed by atoms with E-state index in [4.69, 9.17) is 23.2 Å². The van der Waals surface area contributed by atoms with E-state index in [2.05, 4.69) is 36.1 Å². The number of aromatic nitrogens is 2. The van der Waals surface area contributed by atoms with Crippen molar-refractivity contribution in [3.05, 3.63) is 123 Å². The normalized spacial score (nSPS) is 21.7. The van der Waals surface area contributed by atoms with Crippen LogP contribution in [0.3, 0.4) is 0 Å². The molecule has 0 radical (unpaired) electrons. The van der Waals surface area contributed by atoms with Gasteiger partial charge in [0, 0.05) is 60.7 Å². The number of nitrogens with zero attached hydrogens (tertiary/aromatic N) is 7. The minimum Gasteiger partial charge on any atom is -0.354 e. The fourth-order valence-electron chi connectivity index (χ4n) is 8.07. The summed E-state index contributed by atoms with van der Waals surface area (Å²) in [5.74, 6) is 0.913. The molecule has 12 nitrogen and oxygen atoms in total. The van der Waals surface area contributed by atoms with E-state index in [1.165, 1.54) is 0 Å². The van der Waals surface area contributed by atoms with Gasteiger partial charge in [-0.2, -0.15) is 0 Å². The molecule has 6 heterocycles. The van der Waals surface area contributed by atoms with Gasteiger partial charge in [-0.05, 0) is 123 Å². The molecule has 2 unspecified atom stereocenters. The summed E-state index contributed by atoms with van der Waals surface area (Å²) < 4.78 is 0.884. The third-order valence-electron chi connectivity index (χ3n) is 11.3. The van der Waals surface area contributed by atoms with Crippen molar-refractivity contribution in [2.45, 2.75) is 76.8 Å². The maximum atomic E-state index is 13.6. The lowest BCUT2D eigenvalue weighted by Gasteiger charge is -2.48. The fraction of sp³-hybridized carbons (Fsp3) is 0.409. The Labute approximate surface area is 365 Å². The number of piperazine rings is 2. The predicted octanol–water partition coefficient (Wildman–Crippen LogP) is 6.46. The number of halogens is 3. The van der Waals surface area contributed by atoms with Crippen LogP contribution in [0.15, 0.2) is 102 Å². The first kappa shape index (κ1) is 44.0. The Bertz CT molecular complexity index is 2070. The maximum Gasteiger partial charge on any atom is 0.251 e. The molecule has 2 aromatic carbocycles. The topological polar surface area (TPSA) is 122 Å². The number of pyridine rings is 2. The first-order valence-corrected chi connectivity index (χ1v) is 21.4. The van der Waals surface area contributed by atoms with Gasteiger partial charge in [0.05, 0.1) is 6.54 Å². The van der Waals surface area contributed by atoms with E-state index in [9.17, 15) is 19.2 Å². The van der Waals surface area contributed by atoms with Crippen molar-refractivity contribution in [2.24, 2.45) is 0 Å². The number of carbonyl (C=O) groups excluding carboxylic acids is 4. The van der Waals surface area contributed by atoms with E-state index >= 15 is 0 Å². The van der Waals surface area contributed by atoms with Gasteiger partial charge < -0.3 is 29.8 Å². The molecule has 312 valence electrons. The van der Waals surface area contributed by atoms with Crippen LogP contribution in [0, 0.1) is 0 Å². The van der Waals surface area contributed by atoms with E-state index in [-0.39, 0.29) is 48.8 Å². The van der Waals surface area contributed by atoms with Crippen molar-refractivity contribution < 1.29 is 19.2 Å². The monoisotopic (exact) mass is 904 g/mol. The van der Waals surface area contributed by atoms with Crippen molar-refractivity contribution in [2.75, 3.05) is 44.2 Å². The summed E-state index contributed by atoms with van der Waals surface area (Å²) in [4.78, 5) is 70.0. The van der Waals surface area contributed by atoms with Crippen LogP contribution in [0.2, 0.25) is 10.0 Å². The van der Waals surface area contributed by atoms with Gasteiger partial charge in [0.25, 0.3) is 11.8 Å². The average Bonchev–Trinajstić information content (AvgIpc) is 3.90. The molecule has 0 saturated carbocycles. The molecule has 59 heavy (non-hydrogen) atoms. The first-order valence-electron chi connectivity index (χ1n) is 19.9. The number of benzene rings is 2. The summed E-state index contributed by atoms with van der Waals surface area (Å²) in [5.41, 5.74) is 0.319. The van der Waals surface area contributed by atoms with Gasteiger partial charge in [0.2, 0.25) is 11.8 Å². The SMILES string of the molecule is Brc1ccccn1.CC(C)N1CC(=O)N(Cc2ccc(Cl)cc2)C2(CCN(c3ccccn3)C2)C1=O.CC(C)N1CC(=O)N(Cc2ccc(Cl)cc2)C2(CCNC2)C1=O. The van der Waals surface area contributed by atoms with E-state index in [0.717, 1.165) is 28.1 Å². The summed E-state index contributed by atoms with van der Waals surface area (Å²) in [6.07, 6.45) is 4.74. The summed E-state index contributed by atoms with van der Waals surface area (Å²) in [6.45, 7) is 11.3. The molecule has 4 saturated heterocycles. The molecule has 4 aromatic rings. The van der Waals surface area contributed by atoms with E-state index in [1.54, 1.807) is 32.0 Å². The highest BCUT2D eigenvalue weighted by atomic mass is 79.9. The largest absolute Gasteiger partial charge is 0.354 e. The van der Waals surface area contributed by atoms with Crippen molar-refractivity contribution in [3.63, 3.8) is 0 Å². The number of hydrogen-bond donors (Lipinski definition) is 1. The lowest BCUT2D eigenvalue weighted by Crippen LogP contribution is -2.69. The molecule has 0 bridgehead atoms. The van der Waals surface area contributed by atoms with Gasteiger partial charge in [0.1, 0.15) is 34.6 Å². The zero-order valence-electron chi connectivity index (χ0n) is 33.9. The molecule has 4 aliphatic heterocycles. The maximum absolute atomic E-state index is 13.6. The van der Waals surface area contributed by atoms with Crippen LogP contribution in [0.1, 0.15) is 51.7 Å². The van der Waals surface area contributed by atoms with Crippen LogP contribution in [-0.4, -0.2) is 116 Å². The van der Waals surface area contributed by atoms with Crippen molar-refractivity contribution in [3.8, 4) is 0 Å². The number of anilines is 1. The molecule has 4 fully saturated rings. The Morgan fingerprint density at radius 3 is 1.61 bits per heavy atom. The lowest BCUT2D eigenvalue weighted by molar-refractivity contribution is -0.166. The van der Waals surface area contributed by atoms with Gasteiger partial charge in [-0.1, -0.05) is 59.6 Å². The molecule has 8 rings (SSSR count). The van der Waals surface area contributed by atoms with Gasteiger partial charge in [-0.3, -0.25) is 19.2 Å². The standard InChI is InChI=1S/C22H25ClN4O2.C17H22ClN3O2.C5H4BrN/c1-16(2)26-14-20(28)27(13-17-6-8-18(23)9-7-17)22(21(26)29)10-12-25(15-22)19-5-3-4-11-24-19;1-12(2)20-10-15(22)21(9-13-3-5-14(18)6-4-13)17(16(20)23)7-8-19-11-17;6-5-3-1-2-4-7-5/h3-9,11,16H,10,12-15H2,1-2H3;3-6,12,19H,7-11H2,1-2H3;1-4H. The van der Waals surface area contributed by atoms with Gasteiger partial charge in [0.15, 0.2) is 0 Å². The van der Waals surface area contributed by atoms with Crippen molar-refractivity contribution in [1.29, 1.82) is 0 Å². The molecule has 2 spiro atoms. The van der Waals surface area contributed by atoms with Crippen molar-refractivity contribution >= 4 is 68.6 Å². The minimum atomic E-state index is -0.878. The van der Waals surface area contributed by atoms with Crippen LogP contribution >= 0.6 is 39.1 Å². The smallest absolute Gasteiger partial charge is 0.251 e. The Morgan fingerprint density at radius 1 is 0.678 bits per heavy atom. The second kappa shape index (κ2) is 19.2. The highest BCUT2D eigenvalue weighted by Crippen LogP contribution is 2.37. The second-order valence-electron chi connectivity index (χ2n) is 15.8. The average molecular weight is 907 g/mol. The first-order chi connectivity index (χ1) is 28.2. The molecule has 1 N–H and O–H groups in total. The third-order valence-corrected chi connectivity index (χ3v) is 12.3. The summed E-state index contributed by atoms with van der Waals surface area (Å²) in [6, 6.07) is 26.3. The molecular weight excluding hydrogens is 855 g/mol. The van der Waals surface area contributed by atoms with Crippen LogP contribution in [-0.2, 0) is 32.3 Å². The molecular formula is C44H51BrCl2N8O4. The number of amides is 4. The predicted molar refractivity (Wildman–Crippen MR) is 234 cm³/mol. The molecule has 4 amide bonds. The highest BCUT2D eigenvalue weighted by molar-refractivity contribution is 9.10. The molecule has 2 aromatic heterocycles. The van der Waals surface area contributed by atoms with Crippen LogP contribution in [0.5, 0.6) is 0 Å². The molecule has 0 aliphatic carbocycles. The number of rotatable bonds is 7. The third kappa shape index (κ3) is 9.91. The van der Waals surface area contributed by atoms with E-state index < -0.39 is 11.1 Å². The Balaban J connectivity index is 0.000000173. The highest BCUT2D eigenvalue weighted by Gasteiger charge is 2.57. The number of hydrogen-bond acceptors (Lipinski definition) is 8. The van der Waals surface area contributed by atoms with E-state index in [1.807, 2.05) is 113 Å². The zero-order valence-corrected chi connectivity index (χ0v) is 37.0. The van der Waals surface area contributed by atoms with Gasteiger partial charge >= 0.3 is 0 Å². The molecule has 2 atom stereocenters. The minimum absolute atomic E-state index is 0.0111. The second-order valence-corrected chi connectivity index (χ2v) is 17.5. The Kier molecular flexibility index (Phi) is 14.3. The summed E-state index contributed by atoms with van der Waals surface area (Å²) in [7, 11) is 0. The molecule has 15 heteroatoms. The fourth-order valence-corrected chi connectivity index (χ4v) is 8.59. The van der Waals surface area contributed by atoms with Crippen LogP contribution in [0.25, 0.3) is 0 Å². The Hall–Kier alpha value is -4.56. The molecule has 4 aliphatic rings. The lowest BCUT2D eigenvalue weighted by atomic mass is 9.89. The summed E-state index contributed by atoms with van der Waals surface area (Å²) in [5, 5.41) is 4.57. The Morgan fingerprint density at radius 2 is 1.19 bits per heavy atom.